The van der Waals surface area contributed by atoms with Gasteiger partial charge in [0.1, 0.15) is 11.5 Å². The van der Waals surface area contributed by atoms with Gasteiger partial charge >= 0.3 is 0 Å². The zero-order chi connectivity index (χ0) is 19.8. The monoisotopic (exact) mass is 368 g/mol. The van der Waals surface area contributed by atoms with E-state index < -0.39 is 0 Å². The van der Waals surface area contributed by atoms with E-state index in [9.17, 15) is 19.8 Å². The normalized spacial score (nSPS) is 11.0. The van der Waals surface area contributed by atoms with Crippen LogP contribution in [0.3, 0.4) is 0 Å². The maximum absolute atomic E-state index is 11.9. The fourth-order valence-corrected chi connectivity index (χ4v) is 2.30. The lowest BCUT2D eigenvalue weighted by Crippen LogP contribution is -2.01. The maximum Gasteiger partial charge on any atom is 0.163 e. The molecule has 27 heavy (non-hydrogen) atoms. The molecule has 2 aromatic carbocycles. The molecule has 0 aliphatic rings. The first-order chi connectivity index (χ1) is 12.9. The van der Waals surface area contributed by atoms with Crippen molar-refractivity contribution in [1.29, 1.82) is 0 Å². The number of benzene rings is 2. The van der Waals surface area contributed by atoms with Gasteiger partial charge in [0.05, 0.1) is 20.6 Å². The summed E-state index contributed by atoms with van der Waals surface area (Å²) in [5.41, 5.74) is 1.19. The van der Waals surface area contributed by atoms with E-state index in [2.05, 4.69) is 0 Å². The fraction of sp³-hybridized carbons (Fsp3) is 0.143. The number of carbonyl (C=O) groups is 2. The molecule has 6 nitrogen and oxygen atoms in total. The van der Waals surface area contributed by atoms with Gasteiger partial charge in [-0.15, -0.1) is 0 Å². The van der Waals surface area contributed by atoms with Crippen molar-refractivity contribution in [3.05, 3.63) is 59.7 Å². The highest BCUT2D eigenvalue weighted by atomic mass is 16.5. The third-order valence-electron chi connectivity index (χ3n) is 3.62. The van der Waals surface area contributed by atoms with E-state index >= 15 is 0 Å². The molecule has 2 rings (SSSR count). The van der Waals surface area contributed by atoms with Gasteiger partial charge in [-0.2, -0.15) is 0 Å². The van der Waals surface area contributed by atoms with Crippen LogP contribution in [0.15, 0.2) is 48.6 Å². The van der Waals surface area contributed by atoms with Gasteiger partial charge in [0.25, 0.3) is 0 Å². The van der Waals surface area contributed by atoms with E-state index in [1.165, 1.54) is 56.7 Å². The van der Waals surface area contributed by atoms with Gasteiger partial charge in [-0.25, -0.2) is 0 Å². The largest absolute Gasteiger partial charge is 0.508 e. The van der Waals surface area contributed by atoms with Crippen molar-refractivity contribution < 1.29 is 29.3 Å². The van der Waals surface area contributed by atoms with Crippen molar-refractivity contribution in [2.45, 2.75) is 6.42 Å². The van der Waals surface area contributed by atoms with Gasteiger partial charge < -0.3 is 19.7 Å². The first-order valence-electron chi connectivity index (χ1n) is 8.08. The second kappa shape index (κ2) is 9.24. The summed E-state index contributed by atoms with van der Waals surface area (Å²) in [6, 6.07) is 9.30. The van der Waals surface area contributed by atoms with Crippen LogP contribution in [0.4, 0.5) is 0 Å². The quantitative estimate of drug-likeness (QED) is 0.548. The Balaban J connectivity index is 1.96. The fourth-order valence-electron chi connectivity index (χ4n) is 2.30. The predicted molar refractivity (Wildman–Crippen MR) is 102 cm³/mol. The van der Waals surface area contributed by atoms with Crippen molar-refractivity contribution in [2.75, 3.05) is 14.2 Å². The molecule has 0 unspecified atom stereocenters. The number of hydrogen-bond donors (Lipinski definition) is 2. The Bertz CT molecular complexity index is 896. The number of hydrogen-bond acceptors (Lipinski definition) is 6. The first-order valence-corrected chi connectivity index (χ1v) is 8.08. The summed E-state index contributed by atoms with van der Waals surface area (Å²) in [5, 5.41) is 19.3. The van der Waals surface area contributed by atoms with E-state index in [4.69, 9.17) is 9.47 Å². The topological polar surface area (TPSA) is 93.1 Å². The Morgan fingerprint density at radius 2 is 1.56 bits per heavy atom. The van der Waals surface area contributed by atoms with Gasteiger partial charge in [0, 0.05) is 6.07 Å². The summed E-state index contributed by atoms with van der Waals surface area (Å²) in [7, 11) is 2.92. The van der Waals surface area contributed by atoms with Crippen molar-refractivity contribution >= 4 is 23.7 Å². The molecule has 6 heteroatoms. The number of ketones is 2. The second-order valence-corrected chi connectivity index (χ2v) is 5.67. The lowest BCUT2D eigenvalue weighted by molar-refractivity contribution is -0.121. The van der Waals surface area contributed by atoms with Crippen molar-refractivity contribution in [3.63, 3.8) is 0 Å². The summed E-state index contributed by atoms with van der Waals surface area (Å²) in [6.45, 7) is 0. The lowest BCUT2D eigenvalue weighted by Gasteiger charge is -2.03. The Kier molecular flexibility index (Phi) is 6.77. The molecule has 0 amide bonds. The minimum absolute atomic E-state index is 0.0169. The number of ether oxygens (including phenoxy) is 2. The van der Waals surface area contributed by atoms with Crippen molar-refractivity contribution in [3.8, 4) is 23.0 Å². The Morgan fingerprint density at radius 3 is 2.15 bits per heavy atom. The average molecular weight is 368 g/mol. The van der Waals surface area contributed by atoms with E-state index in [-0.39, 0.29) is 29.5 Å². The molecule has 0 fully saturated rings. The molecule has 0 saturated heterocycles. The molecule has 2 aromatic rings. The Morgan fingerprint density at radius 1 is 0.889 bits per heavy atom. The first kappa shape index (κ1) is 19.8. The molecule has 0 aromatic heterocycles. The maximum atomic E-state index is 11.9. The van der Waals surface area contributed by atoms with Crippen LogP contribution >= 0.6 is 0 Å². The molecular weight excluding hydrogens is 348 g/mol. The van der Waals surface area contributed by atoms with Crippen LogP contribution in [0.2, 0.25) is 0 Å². The molecule has 0 saturated carbocycles. The molecule has 0 aliphatic carbocycles. The van der Waals surface area contributed by atoms with E-state index in [0.29, 0.717) is 22.6 Å². The minimum atomic E-state index is -0.371. The van der Waals surface area contributed by atoms with Crippen molar-refractivity contribution in [1.82, 2.24) is 0 Å². The summed E-state index contributed by atoms with van der Waals surface area (Å²) < 4.78 is 9.98. The van der Waals surface area contributed by atoms with Crippen LogP contribution in [0, 0.1) is 0 Å². The zero-order valence-corrected chi connectivity index (χ0v) is 15.0. The van der Waals surface area contributed by atoms with Crippen LogP contribution in [-0.4, -0.2) is 36.0 Å². The summed E-state index contributed by atoms with van der Waals surface area (Å²) in [4.78, 5) is 23.8. The minimum Gasteiger partial charge on any atom is -0.508 e. The predicted octanol–water partition coefficient (Wildman–Crippen LogP) is 3.37. The molecule has 0 atom stereocenters. The number of rotatable bonds is 8. The van der Waals surface area contributed by atoms with Crippen LogP contribution in [0.5, 0.6) is 23.0 Å². The average Bonchev–Trinajstić information content (AvgIpc) is 2.64. The standard InChI is InChI=1S/C21H20O6/c1-26-19-10-15(9-18(24)13-19)4-7-17(23)12-16(22)6-3-14-5-8-21(27-2)20(25)11-14/h3-11,13,24-25H,12H2,1-2H3. The summed E-state index contributed by atoms with van der Waals surface area (Å²) >= 11 is 0. The van der Waals surface area contributed by atoms with Gasteiger partial charge in [-0.05, 0) is 47.5 Å². The molecular formula is C21H20O6. The van der Waals surface area contributed by atoms with Gasteiger partial charge in [0.2, 0.25) is 0 Å². The zero-order valence-electron chi connectivity index (χ0n) is 15.0. The summed E-state index contributed by atoms with van der Waals surface area (Å²) in [6.07, 6.45) is 5.29. The molecule has 0 bridgehead atoms. The third-order valence-corrected chi connectivity index (χ3v) is 3.62. The van der Waals surface area contributed by atoms with E-state index in [1.54, 1.807) is 18.2 Å². The number of allylic oxidation sites excluding steroid dienone is 2. The Hall–Kier alpha value is -3.54. The highest BCUT2D eigenvalue weighted by Crippen LogP contribution is 2.26. The molecule has 0 heterocycles. The lowest BCUT2D eigenvalue weighted by atomic mass is 10.1. The van der Waals surface area contributed by atoms with Crippen LogP contribution < -0.4 is 9.47 Å². The number of phenols is 2. The molecule has 2 N–H and O–H groups in total. The number of aromatic hydroxyl groups is 2. The van der Waals surface area contributed by atoms with Crippen LogP contribution in [0.1, 0.15) is 17.5 Å². The molecule has 140 valence electrons. The van der Waals surface area contributed by atoms with E-state index in [0.717, 1.165) is 0 Å². The molecule has 0 aliphatic heterocycles. The number of phenolic OH excluding ortho intramolecular Hbond substituents is 2. The SMILES string of the molecule is COc1cc(O)cc(C=CC(=O)CC(=O)C=Cc2ccc(OC)c(O)c2)c1. The highest BCUT2D eigenvalue weighted by Gasteiger charge is 2.05. The van der Waals surface area contributed by atoms with Crippen molar-refractivity contribution in [2.24, 2.45) is 0 Å². The van der Waals surface area contributed by atoms with Gasteiger partial charge in [-0.3, -0.25) is 9.59 Å². The highest BCUT2D eigenvalue weighted by molar-refractivity contribution is 6.10. The van der Waals surface area contributed by atoms with Crippen LogP contribution in [0.25, 0.3) is 12.2 Å². The molecule has 0 radical (unpaired) electrons. The van der Waals surface area contributed by atoms with Gasteiger partial charge in [0.15, 0.2) is 23.1 Å². The number of methoxy groups -OCH3 is 2. The van der Waals surface area contributed by atoms with Gasteiger partial charge in [-0.1, -0.05) is 18.2 Å². The molecule has 0 spiro atoms. The summed E-state index contributed by atoms with van der Waals surface area (Å²) in [5.74, 6) is 0.0417. The number of carbonyl (C=O) groups excluding carboxylic acids is 2. The van der Waals surface area contributed by atoms with Crippen LogP contribution in [-0.2, 0) is 9.59 Å². The smallest absolute Gasteiger partial charge is 0.163 e. The second-order valence-electron chi connectivity index (χ2n) is 5.67. The Labute approximate surface area is 157 Å². The van der Waals surface area contributed by atoms with E-state index in [1.807, 2.05) is 0 Å². The third kappa shape index (κ3) is 6.04.